The van der Waals surface area contributed by atoms with E-state index in [9.17, 15) is 14.8 Å². The minimum absolute atomic E-state index is 0.0455. The molecule has 1 heterocycles. The zero-order valence-electron chi connectivity index (χ0n) is 19.7. The number of anilines is 2. The molecule has 1 unspecified atom stereocenters. The molecule has 0 spiro atoms. The number of benzene rings is 2. The molecule has 0 saturated carbocycles. The SMILES string of the molecule is CCC(C(=O)O)(c1ccccc1Nc1c(Cl)cccc1Cl)C1CCN(CC(C)(C)SN=O)CC1. The van der Waals surface area contributed by atoms with Gasteiger partial charge in [-0.05, 0) is 75.9 Å². The van der Waals surface area contributed by atoms with Crippen LogP contribution in [-0.2, 0) is 10.2 Å². The number of halogens is 2. The van der Waals surface area contributed by atoms with E-state index in [1.807, 2.05) is 45.0 Å². The fourth-order valence-corrected chi connectivity index (χ4v) is 6.06. The van der Waals surface area contributed by atoms with Crippen LogP contribution in [0.2, 0.25) is 10.0 Å². The first-order valence-corrected chi connectivity index (χ1v) is 12.9. The predicted molar refractivity (Wildman–Crippen MR) is 142 cm³/mol. The van der Waals surface area contributed by atoms with Crippen molar-refractivity contribution >= 4 is 52.5 Å². The molecule has 0 radical (unpaired) electrons. The number of carboxylic acids is 1. The van der Waals surface area contributed by atoms with Crippen LogP contribution in [0.1, 0.15) is 45.6 Å². The number of carbonyl (C=O) groups is 1. The highest BCUT2D eigenvalue weighted by atomic mass is 35.5. The molecule has 6 nitrogen and oxygen atoms in total. The fourth-order valence-electron chi connectivity index (χ4n) is 5.13. The summed E-state index contributed by atoms with van der Waals surface area (Å²) < 4.78 is 2.71. The summed E-state index contributed by atoms with van der Waals surface area (Å²) in [6.45, 7) is 8.21. The molecule has 9 heteroatoms. The van der Waals surface area contributed by atoms with Gasteiger partial charge in [-0.15, -0.1) is 4.91 Å². The summed E-state index contributed by atoms with van der Waals surface area (Å²) >= 11 is 13.8. The summed E-state index contributed by atoms with van der Waals surface area (Å²) in [6, 6.07) is 12.8. The molecule has 0 aliphatic carbocycles. The van der Waals surface area contributed by atoms with Crippen LogP contribution < -0.4 is 5.32 Å². The second-order valence-corrected chi connectivity index (χ2v) is 11.6. The van der Waals surface area contributed by atoms with Crippen LogP contribution in [0.3, 0.4) is 0 Å². The topological polar surface area (TPSA) is 82.0 Å². The van der Waals surface area contributed by atoms with Crippen LogP contribution in [0.25, 0.3) is 0 Å². The van der Waals surface area contributed by atoms with E-state index in [0.717, 1.165) is 50.0 Å². The molecule has 2 N–H and O–H groups in total. The van der Waals surface area contributed by atoms with Gasteiger partial charge in [0.2, 0.25) is 0 Å². The highest BCUT2D eigenvalue weighted by molar-refractivity contribution is 7.99. The Morgan fingerprint density at radius 2 is 1.76 bits per heavy atom. The number of rotatable bonds is 10. The van der Waals surface area contributed by atoms with Crippen molar-refractivity contribution in [2.24, 2.45) is 10.5 Å². The van der Waals surface area contributed by atoms with Gasteiger partial charge >= 0.3 is 5.97 Å². The molecule has 0 bridgehead atoms. The van der Waals surface area contributed by atoms with Gasteiger partial charge in [-0.25, -0.2) is 0 Å². The van der Waals surface area contributed by atoms with Gasteiger partial charge in [0.25, 0.3) is 0 Å². The van der Waals surface area contributed by atoms with E-state index in [-0.39, 0.29) is 10.7 Å². The Morgan fingerprint density at radius 3 is 2.32 bits per heavy atom. The van der Waals surface area contributed by atoms with Gasteiger partial charge < -0.3 is 15.3 Å². The van der Waals surface area contributed by atoms with E-state index in [2.05, 4.69) is 14.8 Å². The smallest absolute Gasteiger partial charge is 0.314 e. The summed E-state index contributed by atoms with van der Waals surface area (Å²) in [7, 11) is 0. The quantitative estimate of drug-likeness (QED) is 0.249. The van der Waals surface area contributed by atoms with Crippen molar-refractivity contribution < 1.29 is 9.90 Å². The van der Waals surface area contributed by atoms with Crippen molar-refractivity contribution in [1.82, 2.24) is 4.90 Å². The molecule has 0 aromatic heterocycles. The Bertz CT molecular complexity index is 1010. The first kappa shape index (κ1) is 26.8. The van der Waals surface area contributed by atoms with Gasteiger partial charge in [0.05, 0.1) is 21.1 Å². The highest BCUT2D eigenvalue weighted by Crippen LogP contribution is 2.46. The summed E-state index contributed by atoms with van der Waals surface area (Å²) in [6.07, 6.45) is 1.95. The van der Waals surface area contributed by atoms with Crippen molar-refractivity contribution in [2.75, 3.05) is 25.0 Å². The Balaban J connectivity index is 1.91. The molecule has 2 aromatic carbocycles. The van der Waals surface area contributed by atoms with Gasteiger partial charge in [0, 0.05) is 33.5 Å². The number of hydrogen-bond acceptors (Lipinski definition) is 6. The molecule has 2 aromatic rings. The lowest BCUT2D eigenvalue weighted by Gasteiger charge is -2.44. The van der Waals surface area contributed by atoms with Crippen LogP contribution in [0.4, 0.5) is 11.4 Å². The third kappa shape index (κ3) is 5.70. The Morgan fingerprint density at radius 1 is 1.15 bits per heavy atom. The first-order valence-electron chi connectivity index (χ1n) is 11.4. The van der Waals surface area contributed by atoms with Crippen LogP contribution in [-0.4, -0.2) is 40.4 Å². The second kappa shape index (κ2) is 11.3. The maximum atomic E-state index is 12.9. The lowest BCUT2D eigenvalue weighted by atomic mass is 9.64. The highest BCUT2D eigenvalue weighted by Gasteiger charge is 2.48. The largest absolute Gasteiger partial charge is 0.481 e. The van der Waals surface area contributed by atoms with Crippen LogP contribution >= 0.6 is 35.1 Å². The van der Waals surface area contributed by atoms with E-state index < -0.39 is 11.4 Å². The monoisotopic (exact) mass is 523 g/mol. The van der Waals surface area contributed by atoms with Crippen LogP contribution in [0, 0.1) is 10.8 Å². The molecule has 0 amide bonds. The number of para-hydroxylation sites is 2. The molecule has 184 valence electrons. The molecule has 1 saturated heterocycles. The number of nitroso groups, excluding NO2 is 1. The van der Waals surface area contributed by atoms with E-state index >= 15 is 0 Å². The third-order valence-corrected chi connectivity index (χ3v) is 8.07. The first-order chi connectivity index (χ1) is 16.1. The number of piperidine rings is 1. The number of likely N-dealkylation sites (tertiary alicyclic amines) is 1. The maximum absolute atomic E-state index is 12.9. The minimum Gasteiger partial charge on any atom is -0.481 e. The molecule has 3 rings (SSSR count). The molecule has 1 aliphatic heterocycles. The van der Waals surface area contributed by atoms with Gasteiger partial charge in [0.15, 0.2) is 0 Å². The van der Waals surface area contributed by atoms with Gasteiger partial charge in [-0.3, -0.25) is 4.79 Å². The fraction of sp³-hybridized carbons (Fsp3) is 0.480. The molecule has 1 aliphatic rings. The second-order valence-electron chi connectivity index (χ2n) is 9.37. The van der Waals surface area contributed by atoms with Crippen molar-refractivity contribution in [1.29, 1.82) is 0 Å². The minimum atomic E-state index is -1.06. The number of aliphatic carboxylic acids is 1. The van der Waals surface area contributed by atoms with Crippen molar-refractivity contribution in [2.45, 2.75) is 50.2 Å². The number of carboxylic acid groups (broad SMARTS) is 1. The standard InChI is InChI=1S/C25H31Cl2N3O3S/c1-4-25(23(31)32,17-12-14-30(15-13-17)16-24(2,3)34-29-33)18-8-5-6-11-21(18)28-22-19(26)9-7-10-20(22)27/h5-11,17,28H,4,12-16H2,1-3H3,(H,31,32). The van der Waals surface area contributed by atoms with Crippen molar-refractivity contribution in [3.05, 3.63) is 63.0 Å². The van der Waals surface area contributed by atoms with Crippen molar-refractivity contribution in [3.8, 4) is 0 Å². The summed E-state index contributed by atoms with van der Waals surface area (Å²) in [5.41, 5.74) is 0.934. The average Bonchev–Trinajstić information content (AvgIpc) is 2.78. The van der Waals surface area contributed by atoms with Gasteiger partial charge in [-0.2, -0.15) is 0 Å². The van der Waals surface area contributed by atoms with E-state index in [0.29, 0.717) is 27.8 Å². The molecular formula is C25H31Cl2N3O3S. The summed E-state index contributed by atoms with van der Waals surface area (Å²) in [5.74, 6) is -0.870. The Kier molecular flexibility index (Phi) is 8.90. The molecule has 1 fully saturated rings. The normalized spacial score (nSPS) is 17.2. The van der Waals surface area contributed by atoms with Gasteiger partial charge in [-0.1, -0.05) is 54.4 Å². The van der Waals surface area contributed by atoms with Crippen LogP contribution in [0.15, 0.2) is 47.0 Å². The average molecular weight is 525 g/mol. The summed E-state index contributed by atoms with van der Waals surface area (Å²) in [4.78, 5) is 26.0. The predicted octanol–water partition coefficient (Wildman–Crippen LogP) is 7.37. The van der Waals surface area contributed by atoms with Gasteiger partial charge in [0.1, 0.15) is 0 Å². The van der Waals surface area contributed by atoms with E-state index in [1.54, 1.807) is 18.2 Å². The number of nitrogens with zero attached hydrogens (tertiary/aromatic N) is 2. The van der Waals surface area contributed by atoms with E-state index in [4.69, 9.17) is 23.2 Å². The Hall–Kier alpha value is -1.80. The lowest BCUT2D eigenvalue weighted by Crippen LogP contribution is -2.49. The number of hydrogen-bond donors (Lipinski definition) is 2. The zero-order chi connectivity index (χ0) is 24.9. The maximum Gasteiger partial charge on any atom is 0.314 e. The lowest BCUT2D eigenvalue weighted by molar-refractivity contribution is -0.147. The zero-order valence-corrected chi connectivity index (χ0v) is 22.0. The summed E-state index contributed by atoms with van der Waals surface area (Å²) in [5, 5.41) is 14.9. The van der Waals surface area contributed by atoms with Crippen LogP contribution in [0.5, 0.6) is 0 Å². The van der Waals surface area contributed by atoms with E-state index in [1.165, 1.54) is 0 Å². The number of nitrogens with one attached hydrogen (secondary N) is 1. The third-order valence-electron chi connectivity index (χ3n) is 6.74. The molecule has 1 atom stereocenters. The molecule has 34 heavy (non-hydrogen) atoms. The molecular weight excluding hydrogens is 493 g/mol. The Labute approximate surface area is 215 Å². The van der Waals surface area contributed by atoms with Crippen molar-refractivity contribution in [3.63, 3.8) is 0 Å².